The maximum Gasteiger partial charge on any atom is 0.351 e. The molecule has 4 nitrogen and oxygen atoms in total. The van der Waals surface area contributed by atoms with Crippen LogP contribution >= 0.6 is 0 Å². The van der Waals surface area contributed by atoms with Crippen LogP contribution in [0.2, 0.25) is 0 Å². The molecule has 2 unspecified atom stereocenters. The van der Waals surface area contributed by atoms with Crippen LogP contribution in [0.1, 0.15) is 47.0 Å². The molecule has 1 saturated heterocycles. The van der Waals surface area contributed by atoms with Gasteiger partial charge < -0.3 is 9.47 Å². The molecule has 0 amide bonds. The van der Waals surface area contributed by atoms with Gasteiger partial charge >= 0.3 is 11.9 Å². The molecule has 0 N–H and O–H groups in total. The lowest BCUT2D eigenvalue weighted by atomic mass is 9.87. The standard InChI is InChI=1S/C15H21F3O4/c1-9(2)10(3)5-6-15(7-12(19)22-15)13(20)21-8-11(16)14(4,17)18/h11H,5-8H2,1-4H3. The molecule has 0 radical (unpaired) electrons. The largest absolute Gasteiger partial charge is 0.459 e. The van der Waals surface area contributed by atoms with E-state index in [4.69, 9.17) is 4.74 Å². The zero-order valence-corrected chi connectivity index (χ0v) is 13.2. The molecule has 1 aliphatic rings. The quantitative estimate of drug-likeness (QED) is 0.533. The molecule has 126 valence electrons. The summed E-state index contributed by atoms with van der Waals surface area (Å²) in [4.78, 5) is 23.0. The number of ether oxygens (including phenoxy) is 2. The van der Waals surface area contributed by atoms with Gasteiger partial charge in [0.15, 0.2) is 6.17 Å². The predicted molar refractivity (Wildman–Crippen MR) is 73.2 cm³/mol. The summed E-state index contributed by atoms with van der Waals surface area (Å²) in [6.45, 7) is 5.03. The Morgan fingerprint density at radius 1 is 1.41 bits per heavy atom. The van der Waals surface area contributed by atoms with E-state index in [-0.39, 0.29) is 12.8 Å². The van der Waals surface area contributed by atoms with Crippen molar-refractivity contribution in [3.63, 3.8) is 0 Å². The number of halogens is 3. The first-order valence-electron chi connectivity index (χ1n) is 7.02. The maximum atomic E-state index is 13.1. The highest BCUT2D eigenvalue weighted by Gasteiger charge is 2.54. The molecule has 7 heteroatoms. The SMILES string of the molecule is CC(C)=C(C)CCC1(C(=O)OCC(F)C(C)(F)F)CC(=O)O1. The monoisotopic (exact) mass is 322 g/mol. The number of cyclic esters (lactones) is 1. The molecule has 0 spiro atoms. The van der Waals surface area contributed by atoms with Crippen molar-refractivity contribution in [3.8, 4) is 0 Å². The Balaban J connectivity index is 2.65. The number of carbonyl (C=O) groups excluding carboxylic acids is 2. The third-order valence-electron chi connectivity index (χ3n) is 3.78. The Morgan fingerprint density at radius 2 is 1.95 bits per heavy atom. The fraction of sp³-hybridized carbons (Fsp3) is 0.733. The Bertz CT molecular complexity index is 468. The first kappa shape index (κ1) is 18.5. The summed E-state index contributed by atoms with van der Waals surface area (Å²) in [5.74, 6) is -5.13. The average Bonchev–Trinajstić information content (AvgIpc) is 2.37. The topological polar surface area (TPSA) is 52.6 Å². The predicted octanol–water partition coefficient (Wildman–Crippen LogP) is 3.35. The number of alkyl halides is 3. The number of esters is 2. The van der Waals surface area contributed by atoms with Crippen molar-refractivity contribution in [2.24, 2.45) is 0 Å². The summed E-state index contributed by atoms with van der Waals surface area (Å²) in [7, 11) is 0. The van der Waals surface area contributed by atoms with E-state index in [9.17, 15) is 22.8 Å². The highest BCUT2D eigenvalue weighted by Crippen LogP contribution is 2.35. The molecule has 1 rings (SSSR count). The molecule has 2 atom stereocenters. The number of allylic oxidation sites excluding steroid dienone is 2. The minimum absolute atomic E-state index is 0.179. The summed E-state index contributed by atoms with van der Waals surface area (Å²) in [6, 6.07) is 0. The number of hydrogen-bond donors (Lipinski definition) is 0. The second kappa shape index (κ2) is 6.71. The van der Waals surface area contributed by atoms with E-state index in [1.807, 2.05) is 20.8 Å². The summed E-state index contributed by atoms with van der Waals surface area (Å²) in [5.41, 5.74) is 0.624. The molecule has 1 fully saturated rings. The van der Waals surface area contributed by atoms with E-state index >= 15 is 0 Å². The summed E-state index contributed by atoms with van der Waals surface area (Å²) >= 11 is 0. The van der Waals surface area contributed by atoms with Crippen LogP contribution in [0.25, 0.3) is 0 Å². The van der Waals surface area contributed by atoms with Crippen molar-refractivity contribution >= 4 is 11.9 Å². The fourth-order valence-electron chi connectivity index (χ4n) is 1.86. The maximum absolute atomic E-state index is 13.1. The van der Waals surface area contributed by atoms with Crippen molar-refractivity contribution in [2.45, 2.75) is 64.7 Å². The minimum atomic E-state index is -3.59. The van der Waals surface area contributed by atoms with Gasteiger partial charge in [-0.3, -0.25) is 4.79 Å². The van der Waals surface area contributed by atoms with Crippen LogP contribution < -0.4 is 0 Å². The number of carbonyl (C=O) groups is 2. The zero-order chi connectivity index (χ0) is 17.1. The normalized spacial score (nSPS) is 22.4. The van der Waals surface area contributed by atoms with Gasteiger partial charge in [0.25, 0.3) is 5.92 Å². The van der Waals surface area contributed by atoms with Crippen molar-refractivity contribution in [2.75, 3.05) is 6.61 Å². The Kier molecular flexibility index (Phi) is 5.65. The molecule has 22 heavy (non-hydrogen) atoms. The molecule has 1 heterocycles. The highest BCUT2D eigenvalue weighted by atomic mass is 19.3. The van der Waals surface area contributed by atoms with Crippen LogP contribution in [0.5, 0.6) is 0 Å². The van der Waals surface area contributed by atoms with Crippen molar-refractivity contribution < 1.29 is 32.2 Å². The molecule has 0 aromatic carbocycles. The smallest absolute Gasteiger partial charge is 0.351 e. The Labute approximate surface area is 127 Å². The molecule has 0 aliphatic carbocycles. The first-order chi connectivity index (χ1) is 9.98. The van der Waals surface area contributed by atoms with E-state index < -0.39 is 36.2 Å². The Hall–Kier alpha value is -1.53. The Morgan fingerprint density at radius 3 is 2.36 bits per heavy atom. The summed E-state index contributed by atoms with van der Waals surface area (Å²) in [6.07, 6.45) is -2.09. The molecule has 1 aliphatic heterocycles. The van der Waals surface area contributed by atoms with Gasteiger partial charge in [0.1, 0.15) is 6.61 Å². The van der Waals surface area contributed by atoms with Gasteiger partial charge in [-0.2, -0.15) is 0 Å². The van der Waals surface area contributed by atoms with Gasteiger partial charge in [-0.15, -0.1) is 0 Å². The van der Waals surface area contributed by atoms with Gasteiger partial charge in [0.05, 0.1) is 6.42 Å². The number of rotatable bonds is 7. The van der Waals surface area contributed by atoms with Crippen LogP contribution in [0.3, 0.4) is 0 Å². The molecular weight excluding hydrogens is 301 g/mol. The zero-order valence-electron chi connectivity index (χ0n) is 13.2. The highest BCUT2D eigenvalue weighted by molar-refractivity contribution is 5.93. The van der Waals surface area contributed by atoms with E-state index in [0.29, 0.717) is 13.3 Å². The third kappa shape index (κ3) is 4.48. The van der Waals surface area contributed by atoms with Crippen LogP contribution in [-0.2, 0) is 19.1 Å². The minimum Gasteiger partial charge on any atom is -0.459 e. The first-order valence-corrected chi connectivity index (χ1v) is 7.02. The van der Waals surface area contributed by atoms with Crippen molar-refractivity contribution in [1.29, 1.82) is 0 Å². The third-order valence-corrected chi connectivity index (χ3v) is 3.78. The lowest BCUT2D eigenvalue weighted by molar-refractivity contribution is -0.211. The van der Waals surface area contributed by atoms with Gasteiger partial charge in [0, 0.05) is 13.3 Å². The molecule has 0 aromatic heterocycles. The van der Waals surface area contributed by atoms with Gasteiger partial charge in [-0.1, -0.05) is 11.1 Å². The van der Waals surface area contributed by atoms with Gasteiger partial charge in [-0.25, -0.2) is 18.0 Å². The van der Waals surface area contributed by atoms with E-state index in [0.717, 1.165) is 11.1 Å². The van der Waals surface area contributed by atoms with Crippen LogP contribution in [0.15, 0.2) is 11.1 Å². The lowest BCUT2D eigenvalue weighted by Crippen LogP contribution is -2.55. The molecule has 0 bridgehead atoms. The molecule has 0 aromatic rings. The van der Waals surface area contributed by atoms with Crippen LogP contribution in [-0.4, -0.2) is 36.2 Å². The van der Waals surface area contributed by atoms with Crippen molar-refractivity contribution in [3.05, 3.63) is 11.1 Å². The van der Waals surface area contributed by atoms with E-state index in [1.54, 1.807) is 0 Å². The fourth-order valence-corrected chi connectivity index (χ4v) is 1.86. The molecular formula is C15H21F3O4. The van der Waals surface area contributed by atoms with Crippen molar-refractivity contribution in [1.82, 2.24) is 0 Å². The van der Waals surface area contributed by atoms with Crippen LogP contribution in [0, 0.1) is 0 Å². The number of hydrogen-bond acceptors (Lipinski definition) is 4. The second-order valence-electron chi connectivity index (χ2n) is 5.95. The average molecular weight is 322 g/mol. The second-order valence-corrected chi connectivity index (χ2v) is 5.95. The van der Waals surface area contributed by atoms with Gasteiger partial charge in [-0.05, 0) is 27.2 Å². The van der Waals surface area contributed by atoms with E-state index in [2.05, 4.69) is 4.74 Å². The van der Waals surface area contributed by atoms with E-state index in [1.165, 1.54) is 0 Å². The molecule has 0 saturated carbocycles. The van der Waals surface area contributed by atoms with Crippen LogP contribution in [0.4, 0.5) is 13.2 Å². The lowest BCUT2D eigenvalue weighted by Gasteiger charge is -2.38. The summed E-state index contributed by atoms with van der Waals surface area (Å²) < 4.78 is 48.0. The summed E-state index contributed by atoms with van der Waals surface area (Å²) in [5, 5.41) is 0. The van der Waals surface area contributed by atoms with Gasteiger partial charge in [0.2, 0.25) is 5.60 Å².